The van der Waals surface area contributed by atoms with Gasteiger partial charge in [0, 0.05) is 10.4 Å². The van der Waals surface area contributed by atoms with Gasteiger partial charge in [0.15, 0.2) is 0 Å². The molecule has 1 saturated carbocycles. The third-order valence-corrected chi connectivity index (χ3v) is 7.19. The standard InChI is InChI=1S/C21H22Cl2N2OS/c1-21(2,3)18-16(12-8-9-14(22)15(23)10-12)17-19(24-11-25-20(17)27-18)26-13-6-4-5-7-13/h8-11,13H,4-7H2,1-3H3. The minimum Gasteiger partial charge on any atom is -0.474 e. The van der Waals surface area contributed by atoms with Crippen molar-refractivity contribution in [3.8, 4) is 17.0 Å². The van der Waals surface area contributed by atoms with Crippen molar-refractivity contribution in [2.24, 2.45) is 0 Å². The van der Waals surface area contributed by atoms with E-state index in [1.54, 1.807) is 17.7 Å². The maximum atomic E-state index is 6.33. The fourth-order valence-corrected chi connectivity index (χ4v) is 5.13. The van der Waals surface area contributed by atoms with Gasteiger partial charge in [-0.05, 0) is 48.8 Å². The van der Waals surface area contributed by atoms with E-state index in [1.165, 1.54) is 17.7 Å². The van der Waals surface area contributed by atoms with Gasteiger partial charge < -0.3 is 4.74 Å². The first-order valence-corrected chi connectivity index (χ1v) is 10.8. The highest BCUT2D eigenvalue weighted by Gasteiger charge is 2.28. The molecule has 1 aromatic carbocycles. The van der Waals surface area contributed by atoms with E-state index in [0.717, 1.165) is 34.2 Å². The number of nitrogens with zero attached hydrogens (tertiary/aromatic N) is 2. The van der Waals surface area contributed by atoms with Gasteiger partial charge in [-0.15, -0.1) is 11.3 Å². The molecule has 0 saturated heterocycles. The van der Waals surface area contributed by atoms with Gasteiger partial charge in [0.2, 0.25) is 5.88 Å². The summed E-state index contributed by atoms with van der Waals surface area (Å²) in [5.74, 6) is 0.680. The number of hydrogen-bond acceptors (Lipinski definition) is 4. The third kappa shape index (κ3) is 3.67. The Labute approximate surface area is 173 Å². The van der Waals surface area contributed by atoms with E-state index in [-0.39, 0.29) is 11.5 Å². The van der Waals surface area contributed by atoms with Crippen LogP contribution in [0.2, 0.25) is 10.0 Å². The molecule has 27 heavy (non-hydrogen) atoms. The highest BCUT2D eigenvalue weighted by atomic mass is 35.5. The second kappa shape index (κ2) is 7.23. The predicted octanol–water partition coefficient (Wildman–Crippen LogP) is 7.28. The first-order valence-electron chi connectivity index (χ1n) is 9.24. The molecule has 1 aliphatic rings. The SMILES string of the molecule is CC(C)(C)c1sc2ncnc(OC3CCCC3)c2c1-c1ccc(Cl)c(Cl)c1. The zero-order valence-electron chi connectivity index (χ0n) is 15.7. The van der Waals surface area contributed by atoms with Gasteiger partial charge in [0.05, 0.1) is 15.4 Å². The van der Waals surface area contributed by atoms with Gasteiger partial charge in [-0.25, -0.2) is 9.97 Å². The summed E-state index contributed by atoms with van der Waals surface area (Å²) in [6.45, 7) is 6.64. The van der Waals surface area contributed by atoms with E-state index in [9.17, 15) is 0 Å². The van der Waals surface area contributed by atoms with Crippen LogP contribution in [0.25, 0.3) is 21.3 Å². The molecule has 0 N–H and O–H groups in total. The molecule has 0 aliphatic heterocycles. The molecule has 0 bridgehead atoms. The average molecular weight is 421 g/mol. The summed E-state index contributed by atoms with van der Waals surface area (Å²) in [6.07, 6.45) is 6.45. The first kappa shape index (κ1) is 19.0. The number of ether oxygens (including phenoxy) is 1. The van der Waals surface area contributed by atoms with Crippen LogP contribution in [0.5, 0.6) is 5.88 Å². The molecule has 0 unspecified atom stereocenters. The Morgan fingerprint density at radius 2 is 1.81 bits per heavy atom. The fraction of sp³-hybridized carbons (Fsp3) is 0.429. The Morgan fingerprint density at radius 3 is 2.48 bits per heavy atom. The molecule has 6 heteroatoms. The number of rotatable bonds is 3. The smallest absolute Gasteiger partial charge is 0.226 e. The number of halogens is 2. The summed E-state index contributed by atoms with van der Waals surface area (Å²) < 4.78 is 6.33. The lowest BCUT2D eigenvalue weighted by molar-refractivity contribution is 0.204. The molecule has 0 amide bonds. The van der Waals surface area contributed by atoms with Crippen LogP contribution in [0, 0.1) is 0 Å². The lowest BCUT2D eigenvalue weighted by atomic mass is 9.88. The summed E-state index contributed by atoms with van der Waals surface area (Å²) >= 11 is 14.2. The number of benzene rings is 1. The molecule has 2 aromatic heterocycles. The minimum absolute atomic E-state index is 0.0442. The highest BCUT2D eigenvalue weighted by Crippen LogP contribution is 2.47. The van der Waals surface area contributed by atoms with Crippen molar-refractivity contribution in [3.63, 3.8) is 0 Å². The van der Waals surface area contributed by atoms with Crippen LogP contribution in [0.4, 0.5) is 0 Å². The normalized spacial score (nSPS) is 15.6. The molecule has 0 atom stereocenters. The lowest BCUT2D eigenvalue weighted by Gasteiger charge is -2.20. The quantitative estimate of drug-likeness (QED) is 0.446. The molecule has 3 nitrogen and oxygen atoms in total. The summed E-state index contributed by atoms with van der Waals surface area (Å²) in [5, 5.41) is 2.08. The summed E-state index contributed by atoms with van der Waals surface area (Å²) in [7, 11) is 0. The van der Waals surface area contributed by atoms with Crippen LogP contribution in [0.3, 0.4) is 0 Å². The van der Waals surface area contributed by atoms with E-state index in [2.05, 4.69) is 30.7 Å². The average Bonchev–Trinajstić information content (AvgIpc) is 3.25. The Morgan fingerprint density at radius 1 is 1.07 bits per heavy atom. The maximum Gasteiger partial charge on any atom is 0.226 e. The van der Waals surface area contributed by atoms with Crippen LogP contribution in [-0.2, 0) is 5.41 Å². The molecule has 0 radical (unpaired) electrons. The van der Waals surface area contributed by atoms with E-state index >= 15 is 0 Å². The van der Waals surface area contributed by atoms with Gasteiger partial charge in [0.1, 0.15) is 17.3 Å². The zero-order chi connectivity index (χ0) is 19.2. The van der Waals surface area contributed by atoms with Crippen molar-refractivity contribution in [3.05, 3.63) is 39.4 Å². The fourth-order valence-electron chi connectivity index (χ4n) is 3.62. The summed E-state index contributed by atoms with van der Waals surface area (Å²) in [4.78, 5) is 11.2. The Kier molecular flexibility index (Phi) is 5.08. The molecule has 0 spiro atoms. The molecular weight excluding hydrogens is 399 g/mol. The molecule has 1 fully saturated rings. The van der Waals surface area contributed by atoms with Crippen molar-refractivity contribution in [1.82, 2.24) is 9.97 Å². The second-order valence-corrected chi connectivity index (χ2v) is 9.88. The maximum absolute atomic E-state index is 6.33. The largest absolute Gasteiger partial charge is 0.474 e. The molecule has 1 aliphatic carbocycles. The summed E-state index contributed by atoms with van der Waals surface area (Å²) in [5.41, 5.74) is 2.08. The monoisotopic (exact) mass is 420 g/mol. The third-order valence-electron chi connectivity index (χ3n) is 4.92. The van der Waals surface area contributed by atoms with E-state index in [0.29, 0.717) is 15.9 Å². The minimum atomic E-state index is -0.0442. The number of fused-ring (bicyclic) bond motifs is 1. The Hall–Kier alpha value is -1.36. The van der Waals surface area contributed by atoms with Gasteiger partial charge in [0.25, 0.3) is 0 Å². The van der Waals surface area contributed by atoms with Crippen molar-refractivity contribution in [2.75, 3.05) is 0 Å². The number of thiophene rings is 1. The highest BCUT2D eigenvalue weighted by molar-refractivity contribution is 7.19. The zero-order valence-corrected chi connectivity index (χ0v) is 18.0. The topological polar surface area (TPSA) is 35.0 Å². The molecule has 4 rings (SSSR count). The van der Waals surface area contributed by atoms with Gasteiger partial charge in [-0.3, -0.25) is 0 Å². The van der Waals surface area contributed by atoms with Crippen molar-refractivity contribution < 1.29 is 4.74 Å². The van der Waals surface area contributed by atoms with Crippen LogP contribution in [-0.4, -0.2) is 16.1 Å². The van der Waals surface area contributed by atoms with Crippen LogP contribution in [0.1, 0.15) is 51.3 Å². The van der Waals surface area contributed by atoms with E-state index < -0.39 is 0 Å². The van der Waals surface area contributed by atoms with Gasteiger partial charge >= 0.3 is 0 Å². The van der Waals surface area contributed by atoms with E-state index in [4.69, 9.17) is 27.9 Å². The Bertz CT molecular complexity index is 988. The lowest BCUT2D eigenvalue weighted by Crippen LogP contribution is -2.12. The predicted molar refractivity (Wildman–Crippen MR) is 114 cm³/mol. The number of aromatic nitrogens is 2. The molecule has 142 valence electrons. The van der Waals surface area contributed by atoms with Gasteiger partial charge in [-0.2, -0.15) is 0 Å². The van der Waals surface area contributed by atoms with Gasteiger partial charge in [-0.1, -0.05) is 50.0 Å². The molecular formula is C21H22Cl2N2OS. The van der Waals surface area contributed by atoms with Crippen molar-refractivity contribution in [1.29, 1.82) is 0 Å². The van der Waals surface area contributed by atoms with Crippen molar-refractivity contribution >= 4 is 44.8 Å². The van der Waals surface area contributed by atoms with Crippen LogP contribution >= 0.6 is 34.5 Å². The van der Waals surface area contributed by atoms with Crippen molar-refractivity contribution in [2.45, 2.75) is 58.0 Å². The number of hydrogen-bond donors (Lipinski definition) is 0. The van der Waals surface area contributed by atoms with Crippen LogP contribution < -0.4 is 4.74 Å². The molecule has 3 aromatic rings. The van der Waals surface area contributed by atoms with E-state index in [1.807, 2.05) is 18.2 Å². The summed E-state index contributed by atoms with van der Waals surface area (Å²) in [6, 6.07) is 5.78. The second-order valence-electron chi connectivity index (χ2n) is 8.07. The molecule has 2 heterocycles. The first-order chi connectivity index (χ1) is 12.8. The van der Waals surface area contributed by atoms with Crippen LogP contribution in [0.15, 0.2) is 24.5 Å². The Balaban J connectivity index is 1.96.